The number of pyridine rings is 1. The number of nitrogens with zero attached hydrogens (tertiary/aromatic N) is 4. The molecule has 7 heteroatoms. The normalized spacial score (nSPS) is 17.5. The molecule has 1 N–H and O–H groups in total. The van der Waals surface area contributed by atoms with Crippen LogP contribution in [0, 0.1) is 6.92 Å². The van der Waals surface area contributed by atoms with Crippen LogP contribution in [0.2, 0.25) is 0 Å². The highest BCUT2D eigenvalue weighted by molar-refractivity contribution is 5.94. The molecule has 3 heterocycles. The van der Waals surface area contributed by atoms with E-state index in [9.17, 15) is 4.79 Å². The number of hydrogen-bond acceptors (Lipinski definition) is 5. The molecule has 134 valence electrons. The third-order valence-electron chi connectivity index (χ3n) is 4.69. The summed E-state index contributed by atoms with van der Waals surface area (Å²) >= 11 is 0. The van der Waals surface area contributed by atoms with E-state index in [0.29, 0.717) is 19.8 Å². The zero-order chi connectivity index (χ0) is 18.1. The zero-order valence-electron chi connectivity index (χ0n) is 14.8. The summed E-state index contributed by atoms with van der Waals surface area (Å²) in [6.07, 6.45) is 3.56. The van der Waals surface area contributed by atoms with Crippen LogP contribution < -0.4 is 10.2 Å². The number of rotatable bonds is 3. The maximum atomic E-state index is 12.3. The average Bonchev–Trinajstić information content (AvgIpc) is 3.07. The molecule has 3 aromatic rings. The highest BCUT2D eigenvalue weighted by Gasteiger charge is 2.32. The number of benzene rings is 1. The predicted octanol–water partition coefficient (Wildman–Crippen LogP) is 1.68. The first kappa shape index (κ1) is 16.5. The minimum atomic E-state index is -0.397. The number of carbonyl (C=O) groups excluding carboxylic acids is 1. The Kier molecular flexibility index (Phi) is 4.30. The molecule has 7 nitrogen and oxygen atoms in total. The molecule has 1 atom stereocenters. The Hall–Kier alpha value is -2.93. The third kappa shape index (κ3) is 2.80. The van der Waals surface area contributed by atoms with E-state index in [1.807, 2.05) is 27.8 Å². The van der Waals surface area contributed by atoms with E-state index in [1.165, 1.54) is 5.56 Å². The van der Waals surface area contributed by atoms with Crippen molar-refractivity contribution in [1.29, 1.82) is 0 Å². The Balaban J connectivity index is 1.85. The number of aryl methyl sites for hydroxylation is 1. The number of hydrogen-bond donors (Lipinski definition) is 1. The minimum absolute atomic E-state index is 0.0724. The Morgan fingerprint density at radius 2 is 2.08 bits per heavy atom. The molecule has 1 saturated heterocycles. The summed E-state index contributed by atoms with van der Waals surface area (Å²) in [7, 11) is 1.64. The fraction of sp³-hybridized carbons (Fsp3) is 0.316. The van der Waals surface area contributed by atoms with Gasteiger partial charge in [-0.1, -0.05) is 17.7 Å². The van der Waals surface area contributed by atoms with Crippen LogP contribution in [0.1, 0.15) is 5.56 Å². The molecule has 0 bridgehead atoms. The molecule has 1 aliphatic heterocycles. The van der Waals surface area contributed by atoms with Crippen molar-refractivity contribution in [2.75, 3.05) is 31.7 Å². The first-order valence-electron chi connectivity index (χ1n) is 8.65. The summed E-state index contributed by atoms with van der Waals surface area (Å²) in [6, 6.07) is 9.73. The zero-order valence-corrected chi connectivity index (χ0v) is 14.8. The number of likely N-dealkylation sites (N-methyl/N-ethyl adjacent to an activating group) is 1. The molecule has 0 spiro atoms. The molecule has 4 rings (SSSR count). The number of carbonyl (C=O) groups is 1. The van der Waals surface area contributed by atoms with Crippen molar-refractivity contribution in [3.05, 3.63) is 48.3 Å². The highest BCUT2D eigenvalue weighted by atomic mass is 16.5. The van der Waals surface area contributed by atoms with Gasteiger partial charge in [0.05, 0.1) is 30.6 Å². The summed E-state index contributed by atoms with van der Waals surface area (Å²) in [6.45, 7) is 3.58. The van der Waals surface area contributed by atoms with Gasteiger partial charge in [-0.05, 0) is 25.1 Å². The van der Waals surface area contributed by atoms with Gasteiger partial charge in [-0.15, -0.1) is 5.10 Å². The van der Waals surface area contributed by atoms with E-state index in [1.54, 1.807) is 19.4 Å². The number of aromatic nitrogens is 3. The quantitative estimate of drug-likeness (QED) is 0.777. The number of amides is 1. The molecular weight excluding hydrogens is 330 g/mol. The number of ether oxygens (including phenoxy) is 1. The molecular formula is C19H21N5O2. The van der Waals surface area contributed by atoms with Gasteiger partial charge in [0.2, 0.25) is 5.91 Å². The van der Waals surface area contributed by atoms with Gasteiger partial charge in [0.15, 0.2) is 5.82 Å². The minimum Gasteiger partial charge on any atom is -0.377 e. The summed E-state index contributed by atoms with van der Waals surface area (Å²) in [5.74, 6) is 0.705. The fourth-order valence-electron chi connectivity index (χ4n) is 3.28. The lowest BCUT2D eigenvalue weighted by atomic mass is 10.2. The van der Waals surface area contributed by atoms with Gasteiger partial charge in [-0.2, -0.15) is 0 Å². The molecule has 1 aromatic carbocycles. The molecule has 26 heavy (non-hydrogen) atoms. The Morgan fingerprint density at radius 1 is 1.27 bits per heavy atom. The van der Waals surface area contributed by atoms with E-state index >= 15 is 0 Å². The van der Waals surface area contributed by atoms with Gasteiger partial charge in [0.1, 0.15) is 6.04 Å². The van der Waals surface area contributed by atoms with Crippen LogP contribution in [-0.4, -0.2) is 53.5 Å². The van der Waals surface area contributed by atoms with Crippen molar-refractivity contribution in [3.63, 3.8) is 0 Å². The van der Waals surface area contributed by atoms with E-state index in [2.05, 4.69) is 29.4 Å². The van der Waals surface area contributed by atoms with Gasteiger partial charge in [0, 0.05) is 25.2 Å². The number of morpholine rings is 1. The standard InChI is InChI=1S/C19H21N5O2/c1-13-3-5-14(6-4-13)24-16-11-21-8-7-15(16)18(22-24)23-9-10-26-12-17(23)19(25)20-2/h3-8,11,17H,9-10,12H2,1-2H3,(H,20,25). The summed E-state index contributed by atoms with van der Waals surface area (Å²) in [5.41, 5.74) is 3.06. The van der Waals surface area contributed by atoms with Gasteiger partial charge in [-0.3, -0.25) is 9.78 Å². The maximum absolute atomic E-state index is 12.3. The molecule has 2 aromatic heterocycles. The van der Waals surface area contributed by atoms with Crippen LogP contribution in [-0.2, 0) is 9.53 Å². The van der Waals surface area contributed by atoms with Crippen molar-refractivity contribution in [3.8, 4) is 5.69 Å². The van der Waals surface area contributed by atoms with Crippen molar-refractivity contribution in [2.24, 2.45) is 0 Å². The van der Waals surface area contributed by atoms with Gasteiger partial charge < -0.3 is 15.0 Å². The summed E-state index contributed by atoms with van der Waals surface area (Å²) in [4.78, 5) is 18.6. The molecule has 1 aliphatic rings. The topological polar surface area (TPSA) is 72.3 Å². The Labute approximate surface area is 151 Å². The van der Waals surface area contributed by atoms with Crippen LogP contribution in [0.15, 0.2) is 42.7 Å². The van der Waals surface area contributed by atoms with Crippen LogP contribution >= 0.6 is 0 Å². The highest BCUT2D eigenvalue weighted by Crippen LogP contribution is 2.30. The number of fused-ring (bicyclic) bond motifs is 1. The molecule has 0 radical (unpaired) electrons. The average molecular weight is 351 g/mol. The second kappa shape index (κ2) is 6.76. The summed E-state index contributed by atoms with van der Waals surface area (Å²) < 4.78 is 7.41. The number of nitrogens with one attached hydrogen (secondary N) is 1. The summed E-state index contributed by atoms with van der Waals surface area (Å²) in [5, 5.41) is 8.54. The van der Waals surface area contributed by atoms with E-state index in [4.69, 9.17) is 9.84 Å². The lowest BCUT2D eigenvalue weighted by Gasteiger charge is -2.34. The molecule has 1 fully saturated rings. The first-order valence-corrected chi connectivity index (χ1v) is 8.65. The van der Waals surface area contributed by atoms with Crippen molar-refractivity contribution >= 4 is 22.6 Å². The molecule has 0 saturated carbocycles. The van der Waals surface area contributed by atoms with Crippen LogP contribution in [0.3, 0.4) is 0 Å². The maximum Gasteiger partial charge on any atom is 0.244 e. The lowest BCUT2D eigenvalue weighted by molar-refractivity contribution is -0.124. The SMILES string of the molecule is CNC(=O)C1COCCN1c1nn(-c2ccc(C)cc2)c2cnccc12. The Bertz CT molecular complexity index is 935. The smallest absolute Gasteiger partial charge is 0.244 e. The van der Waals surface area contributed by atoms with Gasteiger partial charge in [0.25, 0.3) is 0 Å². The first-order chi connectivity index (χ1) is 12.7. The van der Waals surface area contributed by atoms with Gasteiger partial charge >= 0.3 is 0 Å². The van der Waals surface area contributed by atoms with Crippen LogP contribution in [0.25, 0.3) is 16.6 Å². The van der Waals surface area contributed by atoms with E-state index in [0.717, 1.165) is 22.4 Å². The van der Waals surface area contributed by atoms with Crippen LogP contribution in [0.4, 0.5) is 5.82 Å². The second-order valence-electron chi connectivity index (χ2n) is 6.36. The lowest BCUT2D eigenvalue weighted by Crippen LogP contribution is -2.53. The largest absolute Gasteiger partial charge is 0.377 e. The molecule has 1 unspecified atom stereocenters. The van der Waals surface area contributed by atoms with Gasteiger partial charge in [-0.25, -0.2) is 4.68 Å². The predicted molar refractivity (Wildman–Crippen MR) is 99.6 cm³/mol. The fourth-order valence-corrected chi connectivity index (χ4v) is 3.28. The molecule has 1 amide bonds. The van der Waals surface area contributed by atoms with E-state index < -0.39 is 6.04 Å². The van der Waals surface area contributed by atoms with Crippen molar-refractivity contribution < 1.29 is 9.53 Å². The van der Waals surface area contributed by atoms with Crippen molar-refractivity contribution in [2.45, 2.75) is 13.0 Å². The molecule has 0 aliphatic carbocycles. The second-order valence-corrected chi connectivity index (χ2v) is 6.36. The number of anilines is 1. The Morgan fingerprint density at radius 3 is 2.85 bits per heavy atom. The monoisotopic (exact) mass is 351 g/mol. The van der Waals surface area contributed by atoms with E-state index in [-0.39, 0.29) is 5.91 Å². The third-order valence-corrected chi connectivity index (χ3v) is 4.69. The van der Waals surface area contributed by atoms with Crippen molar-refractivity contribution in [1.82, 2.24) is 20.1 Å². The van der Waals surface area contributed by atoms with Crippen LogP contribution in [0.5, 0.6) is 0 Å².